The SMILES string of the molecule is Cc1c(-c2cc(=O)[nH]cn2)cnn1C(C)c1ccc(C(F)(F)F)cc1. The van der Waals surface area contributed by atoms with Crippen LogP contribution < -0.4 is 5.56 Å². The van der Waals surface area contributed by atoms with Gasteiger partial charge in [0, 0.05) is 17.3 Å². The Labute approximate surface area is 141 Å². The smallest absolute Gasteiger partial charge is 0.313 e. The predicted molar refractivity (Wildman–Crippen MR) is 86.1 cm³/mol. The molecule has 0 aliphatic carbocycles. The van der Waals surface area contributed by atoms with Gasteiger partial charge < -0.3 is 4.98 Å². The van der Waals surface area contributed by atoms with Gasteiger partial charge >= 0.3 is 6.18 Å². The van der Waals surface area contributed by atoms with Gasteiger partial charge in [-0.05, 0) is 31.5 Å². The third-order valence-electron chi connectivity index (χ3n) is 4.09. The van der Waals surface area contributed by atoms with Gasteiger partial charge in [0.2, 0.25) is 0 Å². The average molecular weight is 348 g/mol. The van der Waals surface area contributed by atoms with E-state index in [-0.39, 0.29) is 11.6 Å². The Balaban J connectivity index is 1.93. The summed E-state index contributed by atoms with van der Waals surface area (Å²) in [6, 6.07) is 6.11. The van der Waals surface area contributed by atoms with E-state index in [0.717, 1.165) is 17.8 Å². The van der Waals surface area contributed by atoms with Crippen LogP contribution in [0.3, 0.4) is 0 Å². The first-order valence-corrected chi connectivity index (χ1v) is 7.53. The van der Waals surface area contributed by atoms with E-state index in [4.69, 9.17) is 0 Å². The van der Waals surface area contributed by atoms with Crippen LogP contribution in [-0.2, 0) is 6.18 Å². The van der Waals surface area contributed by atoms with Crippen molar-refractivity contribution in [2.24, 2.45) is 0 Å². The number of benzene rings is 1. The van der Waals surface area contributed by atoms with Crippen LogP contribution in [-0.4, -0.2) is 19.7 Å². The Kier molecular flexibility index (Phi) is 4.20. The second-order valence-corrected chi connectivity index (χ2v) is 5.68. The third-order valence-corrected chi connectivity index (χ3v) is 4.09. The Morgan fingerprint density at radius 1 is 1.20 bits per heavy atom. The molecule has 0 amide bonds. The zero-order chi connectivity index (χ0) is 18.2. The molecule has 0 bridgehead atoms. The highest BCUT2D eigenvalue weighted by Gasteiger charge is 2.30. The number of hydrogen-bond acceptors (Lipinski definition) is 3. The van der Waals surface area contributed by atoms with Gasteiger partial charge in [0.25, 0.3) is 5.56 Å². The maximum absolute atomic E-state index is 12.7. The number of aromatic amines is 1. The molecule has 1 aromatic carbocycles. The molecular formula is C17H15F3N4O. The number of alkyl halides is 3. The summed E-state index contributed by atoms with van der Waals surface area (Å²) in [5.41, 5.74) is 1.70. The molecule has 5 nitrogen and oxygen atoms in total. The lowest BCUT2D eigenvalue weighted by atomic mass is 10.1. The number of hydrogen-bond donors (Lipinski definition) is 1. The summed E-state index contributed by atoms with van der Waals surface area (Å²) in [5, 5.41) is 4.31. The van der Waals surface area contributed by atoms with Crippen molar-refractivity contribution in [3.05, 3.63) is 70.0 Å². The van der Waals surface area contributed by atoms with Crippen molar-refractivity contribution in [3.8, 4) is 11.3 Å². The summed E-state index contributed by atoms with van der Waals surface area (Å²) in [6.07, 6.45) is -1.45. The number of H-pyrrole nitrogens is 1. The van der Waals surface area contributed by atoms with E-state index >= 15 is 0 Å². The standard InChI is InChI=1S/C17H15F3N4O/c1-10(12-3-5-13(6-4-12)17(18,19)20)24-11(2)14(8-23-24)15-7-16(25)22-9-21-15/h3-10H,1-2H3,(H,21,22,25). The highest BCUT2D eigenvalue weighted by Crippen LogP contribution is 2.31. The minimum absolute atomic E-state index is 0.266. The van der Waals surface area contributed by atoms with E-state index in [1.165, 1.54) is 24.5 Å². The maximum Gasteiger partial charge on any atom is 0.416 e. The van der Waals surface area contributed by atoms with Crippen molar-refractivity contribution < 1.29 is 13.2 Å². The third kappa shape index (κ3) is 3.33. The summed E-state index contributed by atoms with van der Waals surface area (Å²) < 4.78 is 39.7. The lowest BCUT2D eigenvalue weighted by molar-refractivity contribution is -0.137. The van der Waals surface area contributed by atoms with Crippen LogP contribution in [0.1, 0.15) is 29.8 Å². The largest absolute Gasteiger partial charge is 0.416 e. The maximum atomic E-state index is 12.7. The Morgan fingerprint density at radius 2 is 1.88 bits per heavy atom. The Bertz CT molecular complexity index is 942. The minimum atomic E-state index is -4.36. The lowest BCUT2D eigenvalue weighted by Crippen LogP contribution is -2.11. The van der Waals surface area contributed by atoms with Gasteiger partial charge in [-0.25, -0.2) is 4.98 Å². The molecule has 8 heteroatoms. The lowest BCUT2D eigenvalue weighted by Gasteiger charge is -2.16. The highest BCUT2D eigenvalue weighted by molar-refractivity contribution is 5.60. The monoisotopic (exact) mass is 348 g/mol. The van der Waals surface area contributed by atoms with Crippen LogP contribution in [0.15, 0.2) is 47.7 Å². The zero-order valence-corrected chi connectivity index (χ0v) is 13.5. The van der Waals surface area contributed by atoms with Gasteiger partial charge in [0.15, 0.2) is 0 Å². The Hall–Kier alpha value is -2.90. The molecule has 3 rings (SSSR count). The molecule has 1 atom stereocenters. The number of aromatic nitrogens is 4. The molecule has 0 saturated carbocycles. The first-order chi connectivity index (χ1) is 11.8. The van der Waals surface area contributed by atoms with Crippen LogP contribution in [0, 0.1) is 6.92 Å². The van der Waals surface area contributed by atoms with Gasteiger partial charge in [0.1, 0.15) is 0 Å². The van der Waals surface area contributed by atoms with Crippen molar-refractivity contribution in [3.63, 3.8) is 0 Å². The van der Waals surface area contributed by atoms with E-state index in [9.17, 15) is 18.0 Å². The van der Waals surface area contributed by atoms with E-state index in [1.54, 1.807) is 10.9 Å². The fraction of sp³-hybridized carbons (Fsp3) is 0.235. The second kappa shape index (κ2) is 6.19. The van der Waals surface area contributed by atoms with Gasteiger partial charge in [-0.15, -0.1) is 0 Å². The first kappa shape index (κ1) is 16.9. The summed E-state index contributed by atoms with van der Waals surface area (Å²) in [7, 11) is 0. The van der Waals surface area contributed by atoms with E-state index in [1.807, 2.05) is 13.8 Å². The van der Waals surface area contributed by atoms with Crippen LogP contribution in [0.2, 0.25) is 0 Å². The summed E-state index contributed by atoms with van der Waals surface area (Å²) >= 11 is 0. The van der Waals surface area contributed by atoms with Crippen LogP contribution >= 0.6 is 0 Å². The second-order valence-electron chi connectivity index (χ2n) is 5.68. The van der Waals surface area contributed by atoms with Crippen LogP contribution in [0.25, 0.3) is 11.3 Å². The van der Waals surface area contributed by atoms with Crippen molar-refractivity contribution in [2.45, 2.75) is 26.1 Å². The zero-order valence-electron chi connectivity index (χ0n) is 13.5. The van der Waals surface area contributed by atoms with Gasteiger partial charge in [0.05, 0.1) is 29.8 Å². The fourth-order valence-corrected chi connectivity index (χ4v) is 2.67. The summed E-state index contributed by atoms with van der Waals surface area (Å²) in [4.78, 5) is 18.0. The van der Waals surface area contributed by atoms with Crippen molar-refractivity contribution in [1.82, 2.24) is 19.7 Å². The fourth-order valence-electron chi connectivity index (χ4n) is 2.67. The average Bonchev–Trinajstić information content (AvgIpc) is 2.95. The van der Waals surface area contributed by atoms with Crippen LogP contribution in [0.5, 0.6) is 0 Å². The van der Waals surface area contributed by atoms with Gasteiger partial charge in [-0.1, -0.05) is 12.1 Å². The molecular weight excluding hydrogens is 333 g/mol. The first-order valence-electron chi connectivity index (χ1n) is 7.53. The molecule has 0 aliphatic heterocycles. The Morgan fingerprint density at radius 3 is 2.48 bits per heavy atom. The molecule has 0 radical (unpaired) electrons. The van der Waals surface area contributed by atoms with E-state index in [2.05, 4.69) is 15.1 Å². The number of rotatable bonds is 3. The quantitative estimate of drug-likeness (QED) is 0.787. The molecule has 1 unspecified atom stereocenters. The predicted octanol–water partition coefficient (Wildman–Crippen LogP) is 3.57. The molecule has 0 spiro atoms. The molecule has 2 heterocycles. The summed E-state index contributed by atoms with van der Waals surface area (Å²) in [5.74, 6) is 0. The number of nitrogens with zero attached hydrogens (tertiary/aromatic N) is 3. The normalized spacial score (nSPS) is 13.0. The van der Waals surface area contributed by atoms with E-state index in [0.29, 0.717) is 16.8 Å². The van der Waals surface area contributed by atoms with E-state index < -0.39 is 11.7 Å². The molecule has 0 saturated heterocycles. The molecule has 0 aliphatic rings. The number of halogens is 3. The van der Waals surface area contributed by atoms with Crippen molar-refractivity contribution in [2.75, 3.05) is 0 Å². The molecule has 1 N–H and O–H groups in total. The van der Waals surface area contributed by atoms with Gasteiger partial charge in [-0.2, -0.15) is 18.3 Å². The molecule has 25 heavy (non-hydrogen) atoms. The minimum Gasteiger partial charge on any atom is -0.313 e. The van der Waals surface area contributed by atoms with Crippen molar-refractivity contribution in [1.29, 1.82) is 0 Å². The topological polar surface area (TPSA) is 63.6 Å². The van der Waals surface area contributed by atoms with Gasteiger partial charge in [-0.3, -0.25) is 9.48 Å². The van der Waals surface area contributed by atoms with Crippen molar-refractivity contribution >= 4 is 0 Å². The van der Waals surface area contributed by atoms with Crippen LogP contribution in [0.4, 0.5) is 13.2 Å². The molecule has 3 aromatic rings. The number of nitrogens with one attached hydrogen (secondary N) is 1. The molecule has 130 valence electrons. The molecule has 2 aromatic heterocycles. The molecule has 0 fully saturated rings. The highest BCUT2D eigenvalue weighted by atomic mass is 19.4. The summed E-state index contributed by atoms with van der Waals surface area (Å²) in [6.45, 7) is 3.67.